The number of aromatic nitrogens is 2. The van der Waals surface area contributed by atoms with Crippen LogP contribution in [-0.2, 0) is 4.79 Å². The quantitative estimate of drug-likeness (QED) is 0.758. The summed E-state index contributed by atoms with van der Waals surface area (Å²) in [5, 5.41) is 6.33. The molecule has 0 aromatic carbocycles. The number of carbonyl (C=O) groups excluding carboxylic acids is 1. The third kappa shape index (κ3) is 2.72. The molecule has 0 spiro atoms. The number of piperidine rings is 1. The Morgan fingerprint density at radius 1 is 1.61 bits per heavy atom. The smallest absolute Gasteiger partial charge is 0.238 e. The van der Waals surface area contributed by atoms with E-state index in [0.717, 1.165) is 25.2 Å². The molecule has 0 saturated carbocycles. The summed E-state index contributed by atoms with van der Waals surface area (Å²) < 4.78 is 0. The summed E-state index contributed by atoms with van der Waals surface area (Å²) in [6.07, 6.45) is 5.67. The van der Waals surface area contributed by atoms with Crippen molar-refractivity contribution in [3.05, 3.63) is 18.2 Å². The van der Waals surface area contributed by atoms with Crippen LogP contribution >= 0.6 is 0 Å². The standard InChI is InChI=1S/C13H22N4O/c1-9(11-15-7-8-16-11)17-12(18)10-13(2,3)5-4-6-14-10/h7-10,14H,4-6H2,1-3H3,(H,15,16)(H,17,18). The monoisotopic (exact) mass is 250 g/mol. The molecule has 18 heavy (non-hydrogen) atoms. The summed E-state index contributed by atoms with van der Waals surface area (Å²) in [6, 6.07) is -0.212. The molecule has 2 heterocycles. The molecule has 0 radical (unpaired) electrons. The van der Waals surface area contributed by atoms with E-state index in [4.69, 9.17) is 0 Å². The molecule has 2 rings (SSSR count). The van der Waals surface area contributed by atoms with Crippen molar-refractivity contribution < 1.29 is 4.79 Å². The van der Waals surface area contributed by atoms with E-state index in [-0.39, 0.29) is 23.4 Å². The molecule has 0 bridgehead atoms. The zero-order valence-electron chi connectivity index (χ0n) is 11.3. The molecule has 3 N–H and O–H groups in total. The van der Waals surface area contributed by atoms with Crippen LogP contribution in [-0.4, -0.2) is 28.5 Å². The molecule has 1 aliphatic heterocycles. The van der Waals surface area contributed by atoms with Crippen LogP contribution in [0, 0.1) is 5.41 Å². The third-order valence-corrected chi connectivity index (χ3v) is 3.68. The molecule has 1 fully saturated rings. The molecule has 1 aliphatic rings. The molecule has 5 nitrogen and oxygen atoms in total. The molecule has 5 heteroatoms. The molecule has 1 amide bonds. The van der Waals surface area contributed by atoms with Crippen LogP contribution in [0.2, 0.25) is 0 Å². The first-order valence-electron chi connectivity index (χ1n) is 6.54. The van der Waals surface area contributed by atoms with Crippen LogP contribution in [0.15, 0.2) is 12.4 Å². The van der Waals surface area contributed by atoms with Crippen LogP contribution in [0.3, 0.4) is 0 Å². The second kappa shape index (κ2) is 5.10. The van der Waals surface area contributed by atoms with Crippen molar-refractivity contribution in [3.63, 3.8) is 0 Å². The van der Waals surface area contributed by atoms with Gasteiger partial charge in [-0.3, -0.25) is 4.79 Å². The van der Waals surface area contributed by atoms with Gasteiger partial charge in [-0.15, -0.1) is 0 Å². The first-order valence-corrected chi connectivity index (χ1v) is 6.54. The number of aromatic amines is 1. The second-order valence-electron chi connectivity index (χ2n) is 5.68. The zero-order chi connectivity index (χ0) is 13.2. The van der Waals surface area contributed by atoms with E-state index < -0.39 is 0 Å². The Balaban J connectivity index is 1.99. The zero-order valence-corrected chi connectivity index (χ0v) is 11.3. The molecule has 1 aromatic heterocycles. The topological polar surface area (TPSA) is 69.8 Å². The Morgan fingerprint density at radius 2 is 2.39 bits per heavy atom. The highest BCUT2D eigenvalue weighted by atomic mass is 16.2. The number of rotatable bonds is 3. The van der Waals surface area contributed by atoms with Crippen LogP contribution in [0.1, 0.15) is 45.5 Å². The summed E-state index contributed by atoms with van der Waals surface area (Å²) in [5.74, 6) is 0.848. The maximum atomic E-state index is 12.3. The van der Waals surface area contributed by atoms with Crippen LogP contribution in [0.5, 0.6) is 0 Å². The lowest BCUT2D eigenvalue weighted by Gasteiger charge is -2.38. The highest BCUT2D eigenvalue weighted by Gasteiger charge is 2.37. The minimum Gasteiger partial charge on any atom is -0.347 e. The fourth-order valence-electron chi connectivity index (χ4n) is 2.54. The number of H-pyrrole nitrogens is 1. The largest absolute Gasteiger partial charge is 0.347 e. The first kappa shape index (κ1) is 13.1. The molecule has 0 aliphatic carbocycles. The van der Waals surface area contributed by atoms with Crippen molar-refractivity contribution in [1.29, 1.82) is 0 Å². The number of carbonyl (C=O) groups is 1. The Hall–Kier alpha value is -1.36. The van der Waals surface area contributed by atoms with Gasteiger partial charge in [-0.1, -0.05) is 13.8 Å². The summed E-state index contributed by atoms with van der Waals surface area (Å²) in [6.45, 7) is 7.13. The number of nitrogens with one attached hydrogen (secondary N) is 3. The molecule has 1 saturated heterocycles. The highest BCUT2D eigenvalue weighted by molar-refractivity contribution is 5.83. The minimum absolute atomic E-state index is 0.00518. The predicted molar refractivity (Wildman–Crippen MR) is 70.0 cm³/mol. The van der Waals surface area contributed by atoms with Crippen molar-refractivity contribution in [1.82, 2.24) is 20.6 Å². The summed E-state index contributed by atoms with van der Waals surface area (Å²) in [5.41, 5.74) is 0.00518. The minimum atomic E-state index is -0.122. The molecule has 2 unspecified atom stereocenters. The maximum absolute atomic E-state index is 12.3. The van der Waals surface area contributed by atoms with E-state index in [2.05, 4.69) is 34.4 Å². The van der Waals surface area contributed by atoms with E-state index in [1.54, 1.807) is 12.4 Å². The lowest BCUT2D eigenvalue weighted by Crippen LogP contribution is -2.55. The summed E-state index contributed by atoms with van der Waals surface area (Å²) >= 11 is 0. The van der Waals surface area contributed by atoms with Crippen LogP contribution in [0.25, 0.3) is 0 Å². The van der Waals surface area contributed by atoms with Crippen molar-refractivity contribution in [2.24, 2.45) is 5.41 Å². The maximum Gasteiger partial charge on any atom is 0.238 e. The average Bonchev–Trinajstić information content (AvgIpc) is 2.81. The fraction of sp³-hybridized carbons (Fsp3) is 0.692. The van der Waals surface area contributed by atoms with Crippen LogP contribution < -0.4 is 10.6 Å². The van der Waals surface area contributed by atoms with Crippen molar-refractivity contribution in [2.45, 2.75) is 45.7 Å². The van der Waals surface area contributed by atoms with E-state index in [0.29, 0.717) is 0 Å². The van der Waals surface area contributed by atoms with Gasteiger partial charge in [-0.2, -0.15) is 0 Å². The third-order valence-electron chi connectivity index (χ3n) is 3.68. The Labute approximate surface area is 108 Å². The first-order chi connectivity index (χ1) is 8.50. The van der Waals surface area contributed by atoms with Gasteiger partial charge >= 0.3 is 0 Å². The van der Waals surface area contributed by atoms with E-state index >= 15 is 0 Å². The van der Waals surface area contributed by atoms with Gasteiger partial charge in [0.15, 0.2) is 0 Å². The van der Waals surface area contributed by atoms with Gasteiger partial charge in [-0.25, -0.2) is 4.98 Å². The fourth-order valence-corrected chi connectivity index (χ4v) is 2.54. The molecule has 100 valence electrons. The number of amides is 1. The Kier molecular flexibility index (Phi) is 3.71. The van der Waals surface area contributed by atoms with Gasteiger partial charge in [-0.05, 0) is 31.7 Å². The van der Waals surface area contributed by atoms with Gasteiger partial charge < -0.3 is 15.6 Å². The highest BCUT2D eigenvalue weighted by Crippen LogP contribution is 2.30. The van der Waals surface area contributed by atoms with Gasteiger partial charge in [0.25, 0.3) is 0 Å². The number of hydrogen-bond donors (Lipinski definition) is 3. The molecular weight excluding hydrogens is 228 g/mol. The van der Waals surface area contributed by atoms with Crippen LogP contribution in [0.4, 0.5) is 0 Å². The van der Waals surface area contributed by atoms with Gasteiger partial charge in [0.05, 0.1) is 12.1 Å². The van der Waals surface area contributed by atoms with E-state index in [1.165, 1.54) is 0 Å². The van der Waals surface area contributed by atoms with E-state index in [9.17, 15) is 4.79 Å². The average molecular weight is 250 g/mol. The second-order valence-corrected chi connectivity index (χ2v) is 5.68. The molecule has 2 atom stereocenters. The van der Waals surface area contributed by atoms with E-state index in [1.807, 2.05) is 6.92 Å². The van der Waals surface area contributed by atoms with Gasteiger partial charge in [0.1, 0.15) is 5.82 Å². The molecule has 1 aromatic rings. The van der Waals surface area contributed by atoms with Crippen molar-refractivity contribution >= 4 is 5.91 Å². The van der Waals surface area contributed by atoms with Gasteiger partial charge in [0.2, 0.25) is 5.91 Å². The normalized spacial score (nSPS) is 24.5. The number of nitrogens with zero attached hydrogens (tertiary/aromatic N) is 1. The lowest BCUT2D eigenvalue weighted by molar-refractivity contribution is -0.127. The van der Waals surface area contributed by atoms with Gasteiger partial charge in [0, 0.05) is 12.4 Å². The number of hydrogen-bond acceptors (Lipinski definition) is 3. The van der Waals surface area contributed by atoms with Crippen molar-refractivity contribution in [3.8, 4) is 0 Å². The number of imidazole rings is 1. The van der Waals surface area contributed by atoms with Crippen molar-refractivity contribution in [2.75, 3.05) is 6.54 Å². The Bertz CT molecular complexity index is 399. The Morgan fingerprint density at radius 3 is 3.00 bits per heavy atom. The molecular formula is C13H22N4O. The summed E-state index contributed by atoms with van der Waals surface area (Å²) in [4.78, 5) is 19.5. The lowest BCUT2D eigenvalue weighted by atomic mass is 9.77. The summed E-state index contributed by atoms with van der Waals surface area (Å²) in [7, 11) is 0. The predicted octanol–water partition coefficient (Wildman–Crippen LogP) is 1.37. The SMILES string of the molecule is CC(NC(=O)C1NCCCC1(C)C)c1ncc[nH]1.